The highest BCUT2D eigenvalue weighted by Crippen LogP contribution is 2.09. The first-order valence-corrected chi connectivity index (χ1v) is 11.3. The monoisotopic (exact) mass is 368 g/mol. The quantitative estimate of drug-likeness (QED) is 0.132. The van der Waals surface area contributed by atoms with E-state index in [0.29, 0.717) is 13.2 Å². The maximum atomic E-state index is 11.4. The number of carbonyl (C=O) groups excluding carboxylic acids is 1. The van der Waals surface area contributed by atoms with Crippen molar-refractivity contribution in [3.05, 3.63) is 12.2 Å². The van der Waals surface area contributed by atoms with Gasteiger partial charge in [-0.1, -0.05) is 96.6 Å². The van der Waals surface area contributed by atoms with Crippen LogP contribution in [0.2, 0.25) is 0 Å². The first-order valence-electron chi connectivity index (χ1n) is 11.3. The molecular weight excluding hydrogens is 324 g/mol. The van der Waals surface area contributed by atoms with Gasteiger partial charge in [-0.05, 0) is 32.1 Å². The van der Waals surface area contributed by atoms with Crippen LogP contribution in [0.5, 0.6) is 0 Å². The summed E-state index contributed by atoms with van der Waals surface area (Å²) in [5.41, 5.74) is 0. The highest BCUT2D eigenvalue weighted by Gasteiger charge is 2.02. The van der Waals surface area contributed by atoms with Gasteiger partial charge in [0, 0.05) is 0 Å². The number of carbonyl (C=O) groups is 1. The van der Waals surface area contributed by atoms with E-state index in [1.807, 2.05) is 0 Å². The van der Waals surface area contributed by atoms with Gasteiger partial charge in [0.2, 0.25) is 0 Å². The lowest BCUT2D eigenvalue weighted by molar-refractivity contribution is 0.0529. The highest BCUT2D eigenvalue weighted by atomic mass is 16.7. The molecule has 0 saturated heterocycles. The average molecular weight is 369 g/mol. The normalized spacial score (nSPS) is 11.2. The SMILES string of the molecule is CCCC/C=C\CCCCCCCCOC(=O)OCCCCCCCC. The second-order valence-electron chi connectivity index (χ2n) is 7.24. The molecule has 0 aliphatic rings. The van der Waals surface area contributed by atoms with Crippen molar-refractivity contribution in [3.63, 3.8) is 0 Å². The number of hydrogen-bond acceptors (Lipinski definition) is 3. The summed E-state index contributed by atoms with van der Waals surface area (Å²) < 4.78 is 10.2. The third-order valence-electron chi connectivity index (χ3n) is 4.59. The summed E-state index contributed by atoms with van der Waals surface area (Å²) in [4.78, 5) is 11.4. The van der Waals surface area contributed by atoms with E-state index in [1.54, 1.807) is 0 Å². The Morgan fingerprint density at radius 1 is 0.577 bits per heavy atom. The standard InChI is InChI=1S/C23H44O3/c1-3-5-7-9-11-12-13-14-15-16-18-20-22-26-23(24)25-21-19-17-10-8-6-4-2/h9,11H,3-8,10,12-22H2,1-2H3/b11-9-. The molecule has 0 saturated carbocycles. The Morgan fingerprint density at radius 2 is 1.00 bits per heavy atom. The lowest BCUT2D eigenvalue weighted by Crippen LogP contribution is -2.09. The van der Waals surface area contributed by atoms with E-state index in [2.05, 4.69) is 26.0 Å². The van der Waals surface area contributed by atoms with Crippen molar-refractivity contribution in [2.75, 3.05) is 13.2 Å². The second kappa shape index (κ2) is 22.1. The van der Waals surface area contributed by atoms with E-state index in [9.17, 15) is 4.79 Å². The minimum absolute atomic E-state index is 0.492. The van der Waals surface area contributed by atoms with Gasteiger partial charge in [0.05, 0.1) is 13.2 Å². The Labute approximate surface area is 162 Å². The molecule has 0 fully saturated rings. The van der Waals surface area contributed by atoms with Gasteiger partial charge in [-0.2, -0.15) is 0 Å². The smallest absolute Gasteiger partial charge is 0.434 e. The molecule has 0 aromatic heterocycles. The van der Waals surface area contributed by atoms with E-state index in [4.69, 9.17) is 9.47 Å². The molecule has 0 N–H and O–H groups in total. The van der Waals surface area contributed by atoms with Crippen LogP contribution in [0.4, 0.5) is 4.79 Å². The van der Waals surface area contributed by atoms with Crippen molar-refractivity contribution in [1.82, 2.24) is 0 Å². The van der Waals surface area contributed by atoms with Gasteiger partial charge in [-0.25, -0.2) is 4.79 Å². The molecule has 0 aliphatic heterocycles. The van der Waals surface area contributed by atoms with Gasteiger partial charge in [0.15, 0.2) is 0 Å². The van der Waals surface area contributed by atoms with Crippen molar-refractivity contribution in [1.29, 1.82) is 0 Å². The molecule has 0 aliphatic carbocycles. The van der Waals surface area contributed by atoms with E-state index in [1.165, 1.54) is 77.0 Å². The maximum Gasteiger partial charge on any atom is 0.508 e. The van der Waals surface area contributed by atoms with Crippen LogP contribution in [0.25, 0.3) is 0 Å². The van der Waals surface area contributed by atoms with Crippen molar-refractivity contribution in [2.45, 2.75) is 117 Å². The van der Waals surface area contributed by atoms with Gasteiger partial charge in [0.1, 0.15) is 0 Å². The summed E-state index contributed by atoms with van der Waals surface area (Å²) in [5, 5.41) is 0. The molecule has 0 amide bonds. The van der Waals surface area contributed by atoms with Crippen LogP contribution in [0.3, 0.4) is 0 Å². The largest absolute Gasteiger partial charge is 0.508 e. The number of allylic oxidation sites excluding steroid dienone is 2. The number of unbranched alkanes of at least 4 members (excludes halogenated alkanes) is 13. The summed E-state index contributed by atoms with van der Waals surface area (Å²) >= 11 is 0. The molecule has 0 aromatic carbocycles. The van der Waals surface area contributed by atoms with E-state index in [0.717, 1.165) is 25.7 Å². The summed E-state index contributed by atoms with van der Waals surface area (Å²) in [7, 11) is 0. The van der Waals surface area contributed by atoms with Gasteiger partial charge in [0.25, 0.3) is 0 Å². The Bertz CT molecular complexity index is 313. The van der Waals surface area contributed by atoms with E-state index < -0.39 is 6.16 Å². The van der Waals surface area contributed by atoms with Gasteiger partial charge >= 0.3 is 6.16 Å². The molecule has 3 nitrogen and oxygen atoms in total. The molecule has 0 aromatic rings. The van der Waals surface area contributed by atoms with Crippen molar-refractivity contribution >= 4 is 6.16 Å². The van der Waals surface area contributed by atoms with Crippen LogP contribution in [0.15, 0.2) is 12.2 Å². The molecule has 0 rings (SSSR count). The predicted octanol–water partition coefficient (Wildman–Crippen LogP) is 7.98. The third kappa shape index (κ3) is 21.1. The molecule has 0 atom stereocenters. The Morgan fingerprint density at radius 3 is 1.54 bits per heavy atom. The summed E-state index contributed by atoms with van der Waals surface area (Å²) in [6, 6.07) is 0. The predicted molar refractivity (Wildman–Crippen MR) is 112 cm³/mol. The fourth-order valence-electron chi connectivity index (χ4n) is 2.86. The minimum atomic E-state index is -0.492. The van der Waals surface area contributed by atoms with Crippen LogP contribution in [-0.2, 0) is 9.47 Å². The fraction of sp³-hybridized carbons (Fsp3) is 0.870. The second-order valence-corrected chi connectivity index (χ2v) is 7.24. The molecule has 0 unspecified atom stereocenters. The first kappa shape index (κ1) is 25.0. The molecule has 3 heteroatoms. The minimum Gasteiger partial charge on any atom is -0.434 e. The van der Waals surface area contributed by atoms with Crippen LogP contribution in [0.1, 0.15) is 117 Å². The molecule has 26 heavy (non-hydrogen) atoms. The van der Waals surface area contributed by atoms with Crippen LogP contribution in [0, 0.1) is 0 Å². The van der Waals surface area contributed by atoms with Gasteiger partial charge in [-0.15, -0.1) is 0 Å². The topological polar surface area (TPSA) is 35.5 Å². The van der Waals surface area contributed by atoms with Crippen LogP contribution < -0.4 is 0 Å². The van der Waals surface area contributed by atoms with E-state index >= 15 is 0 Å². The zero-order valence-corrected chi connectivity index (χ0v) is 17.6. The van der Waals surface area contributed by atoms with E-state index in [-0.39, 0.29) is 0 Å². The zero-order chi connectivity index (χ0) is 19.1. The molecule has 0 bridgehead atoms. The number of rotatable bonds is 19. The van der Waals surface area contributed by atoms with Crippen LogP contribution in [-0.4, -0.2) is 19.4 Å². The van der Waals surface area contributed by atoms with Crippen molar-refractivity contribution in [3.8, 4) is 0 Å². The third-order valence-corrected chi connectivity index (χ3v) is 4.59. The Kier molecular flexibility index (Phi) is 21.2. The first-order chi connectivity index (χ1) is 12.8. The summed E-state index contributed by atoms with van der Waals surface area (Å²) in [6.45, 7) is 5.44. The molecule has 0 heterocycles. The lowest BCUT2D eigenvalue weighted by atomic mass is 10.1. The Hall–Kier alpha value is -0.990. The van der Waals surface area contributed by atoms with Crippen molar-refractivity contribution < 1.29 is 14.3 Å². The summed E-state index contributed by atoms with van der Waals surface area (Å²) in [6.07, 6.45) is 23.6. The number of hydrogen-bond donors (Lipinski definition) is 0. The Balaban J connectivity index is 3.17. The van der Waals surface area contributed by atoms with Gasteiger partial charge < -0.3 is 9.47 Å². The average Bonchev–Trinajstić information content (AvgIpc) is 2.64. The fourth-order valence-corrected chi connectivity index (χ4v) is 2.86. The van der Waals surface area contributed by atoms with Gasteiger partial charge in [-0.3, -0.25) is 0 Å². The lowest BCUT2D eigenvalue weighted by Gasteiger charge is -2.06. The molecule has 0 radical (unpaired) electrons. The molecular formula is C23H44O3. The number of ether oxygens (including phenoxy) is 2. The molecule has 154 valence electrons. The molecule has 0 spiro atoms. The highest BCUT2D eigenvalue weighted by molar-refractivity contribution is 5.59. The maximum absolute atomic E-state index is 11.4. The zero-order valence-electron chi connectivity index (χ0n) is 17.6. The van der Waals surface area contributed by atoms with Crippen molar-refractivity contribution in [2.24, 2.45) is 0 Å². The summed E-state index contributed by atoms with van der Waals surface area (Å²) in [5.74, 6) is 0. The van der Waals surface area contributed by atoms with Crippen LogP contribution >= 0.6 is 0 Å².